The minimum absolute atomic E-state index is 0.0275. The molecule has 1 atom stereocenters. The molecule has 118 valence electrons. The molecular formula is C14H25N5O2. The van der Waals surface area contributed by atoms with E-state index in [9.17, 15) is 5.11 Å². The van der Waals surface area contributed by atoms with Crippen molar-refractivity contribution in [3.63, 3.8) is 0 Å². The van der Waals surface area contributed by atoms with Gasteiger partial charge in [0.1, 0.15) is 17.5 Å². The SMILES string of the molecule is Cc1c(NN)nc(C(C)(C)C)nc1N1CCOCC1CO. The minimum Gasteiger partial charge on any atom is -0.394 e. The maximum absolute atomic E-state index is 9.56. The summed E-state index contributed by atoms with van der Waals surface area (Å²) < 4.78 is 5.43. The van der Waals surface area contributed by atoms with Crippen LogP contribution in [0.2, 0.25) is 0 Å². The molecule has 7 nitrogen and oxygen atoms in total. The molecule has 1 aromatic rings. The normalized spacial score (nSPS) is 19.7. The number of nitrogens with zero attached hydrogens (tertiary/aromatic N) is 3. The standard InChI is InChI=1S/C14H25N5O2/c1-9-11(18-15)16-13(14(2,3)4)17-12(9)19-5-6-21-8-10(19)7-20/h10,20H,5-8,15H2,1-4H3,(H,16,17,18). The summed E-state index contributed by atoms with van der Waals surface area (Å²) in [5.74, 6) is 7.75. The van der Waals surface area contributed by atoms with E-state index >= 15 is 0 Å². The quantitative estimate of drug-likeness (QED) is 0.554. The lowest BCUT2D eigenvalue weighted by atomic mass is 9.95. The number of morpholine rings is 1. The second-order valence-corrected chi connectivity index (χ2v) is 6.34. The van der Waals surface area contributed by atoms with Gasteiger partial charge in [-0.25, -0.2) is 15.8 Å². The second kappa shape index (κ2) is 6.13. The fourth-order valence-corrected chi connectivity index (χ4v) is 2.35. The highest BCUT2D eigenvalue weighted by molar-refractivity contribution is 5.59. The van der Waals surface area contributed by atoms with E-state index in [1.165, 1.54) is 0 Å². The third-order valence-electron chi connectivity index (χ3n) is 3.64. The summed E-state index contributed by atoms with van der Waals surface area (Å²) in [5, 5.41) is 9.56. The fraction of sp³-hybridized carbons (Fsp3) is 0.714. The van der Waals surface area contributed by atoms with Gasteiger partial charge in [0.15, 0.2) is 0 Å². The maximum atomic E-state index is 9.56. The van der Waals surface area contributed by atoms with Crippen LogP contribution in [0.15, 0.2) is 0 Å². The lowest BCUT2D eigenvalue weighted by Crippen LogP contribution is -2.48. The Balaban J connectivity index is 2.50. The molecule has 1 aromatic heterocycles. The van der Waals surface area contributed by atoms with E-state index in [0.29, 0.717) is 25.6 Å². The molecule has 1 saturated heterocycles. The van der Waals surface area contributed by atoms with E-state index in [2.05, 4.69) is 36.1 Å². The monoisotopic (exact) mass is 295 g/mol. The topological polar surface area (TPSA) is 96.5 Å². The van der Waals surface area contributed by atoms with Gasteiger partial charge in [-0.3, -0.25) is 0 Å². The molecule has 0 radical (unpaired) electrons. The Kier molecular flexibility index (Phi) is 4.65. The molecule has 0 aliphatic carbocycles. The highest BCUT2D eigenvalue weighted by Gasteiger charge is 2.28. The van der Waals surface area contributed by atoms with Crippen molar-refractivity contribution in [3.05, 3.63) is 11.4 Å². The van der Waals surface area contributed by atoms with Gasteiger partial charge in [0, 0.05) is 17.5 Å². The summed E-state index contributed by atoms with van der Waals surface area (Å²) in [6.45, 7) is 9.95. The zero-order valence-corrected chi connectivity index (χ0v) is 13.2. The molecule has 0 bridgehead atoms. The number of aliphatic hydroxyl groups is 1. The molecule has 1 aliphatic rings. The van der Waals surface area contributed by atoms with Gasteiger partial charge in [-0.15, -0.1) is 0 Å². The van der Waals surface area contributed by atoms with E-state index in [-0.39, 0.29) is 18.1 Å². The number of aromatic nitrogens is 2. The number of anilines is 2. The lowest BCUT2D eigenvalue weighted by molar-refractivity contribution is 0.0721. The summed E-state index contributed by atoms with van der Waals surface area (Å²) in [7, 11) is 0. The summed E-state index contributed by atoms with van der Waals surface area (Å²) >= 11 is 0. The number of hydrazine groups is 1. The van der Waals surface area contributed by atoms with Gasteiger partial charge in [-0.05, 0) is 6.92 Å². The van der Waals surface area contributed by atoms with Crippen molar-refractivity contribution in [1.82, 2.24) is 9.97 Å². The Labute approximate surface area is 125 Å². The number of nitrogen functional groups attached to an aromatic ring is 1. The van der Waals surface area contributed by atoms with Crippen LogP contribution in [0.25, 0.3) is 0 Å². The van der Waals surface area contributed by atoms with Crippen molar-refractivity contribution in [2.24, 2.45) is 5.84 Å². The van der Waals surface area contributed by atoms with Crippen LogP contribution in [0.4, 0.5) is 11.6 Å². The van der Waals surface area contributed by atoms with E-state index in [0.717, 1.165) is 17.2 Å². The summed E-state index contributed by atoms with van der Waals surface area (Å²) in [4.78, 5) is 11.3. The Morgan fingerprint density at radius 3 is 2.71 bits per heavy atom. The van der Waals surface area contributed by atoms with E-state index in [1.807, 2.05) is 6.92 Å². The predicted molar refractivity (Wildman–Crippen MR) is 82.3 cm³/mol. The van der Waals surface area contributed by atoms with Gasteiger partial charge in [0.2, 0.25) is 0 Å². The smallest absolute Gasteiger partial charge is 0.148 e. The Morgan fingerprint density at radius 2 is 2.14 bits per heavy atom. The largest absolute Gasteiger partial charge is 0.394 e. The van der Waals surface area contributed by atoms with Gasteiger partial charge in [0.05, 0.1) is 25.9 Å². The van der Waals surface area contributed by atoms with Crippen LogP contribution in [0.5, 0.6) is 0 Å². The molecule has 1 unspecified atom stereocenters. The molecule has 7 heteroatoms. The molecule has 2 heterocycles. The van der Waals surface area contributed by atoms with Crippen molar-refractivity contribution < 1.29 is 9.84 Å². The highest BCUT2D eigenvalue weighted by Crippen LogP contribution is 2.29. The molecule has 0 amide bonds. The first kappa shape index (κ1) is 15.9. The first-order valence-corrected chi connectivity index (χ1v) is 7.19. The number of aliphatic hydroxyl groups excluding tert-OH is 1. The van der Waals surface area contributed by atoms with Crippen molar-refractivity contribution in [2.75, 3.05) is 36.7 Å². The molecular weight excluding hydrogens is 270 g/mol. The van der Waals surface area contributed by atoms with Gasteiger partial charge >= 0.3 is 0 Å². The molecule has 0 saturated carbocycles. The first-order valence-electron chi connectivity index (χ1n) is 7.19. The summed E-state index contributed by atoms with van der Waals surface area (Å²) in [6, 6.07) is -0.0919. The van der Waals surface area contributed by atoms with E-state index in [4.69, 9.17) is 15.6 Å². The van der Waals surface area contributed by atoms with Gasteiger partial charge in [0.25, 0.3) is 0 Å². The van der Waals surface area contributed by atoms with Crippen LogP contribution in [-0.2, 0) is 10.2 Å². The number of hydrogen-bond acceptors (Lipinski definition) is 7. The average molecular weight is 295 g/mol. The summed E-state index contributed by atoms with van der Waals surface area (Å²) in [6.07, 6.45) is 0. The molecule has 2 rings (SSSR count). The van der Waals surface area contributed by atoms with Crippen molar-refractivity contribution >= 4 is 11.6 Å². The maximum Gasteiger partial charge on any atom is 0.148 e. The van der Waals surface area contributed by atoms with Crippen LogP contribution in [0.1, 0.15) is 32.2 Å². The second-order valence-electron chi connectivity index (χ2n) is 6.34. The molecule has 0 aromatic carbocycles. The van der Waals surface area contributed by atoms with Gasteiger partial charge < -0.3 is 20.2 Å². The average Bonchev–Trinajstić information content (AvgIpc) is 2.46. The molecule has 1 fully saturated rings. The number of nitrogens with two attached hydrogens (primary N) is 1. The fourth-order valence-electron chi connectivity index (χ4n) is 2.35. The number of nitrogens with one attached hydrogen (secondary N) is 1. The Morgan fingerprint density at radius 1 is 1.43 bits per heavy atom. The minimum atomic E-state index is -0.185. The van der Waals surface area contributed by atoms with Crippen LogP contribution in [0, 0.1) is 6.92 Å². The van der Waals surface area contributed by atoms with E-state index < -0.39 is 0 Å². The van der Waals surface area contributed by atoms with Crippen LogP contribution >= 0.6 is 0 Å². The third kappa shape index (κ3) is 3.25. The summed E-state index contributed by atoms with van der Waals surface area (Å²) in [5.41, 5.74) is 3.34. The van der Waals surface area contributed by atoms with Crippen molar-refractivity contribution in [2.45, 2.75) is 39.2 Å². The number of hydrogen-bond donors (Lipinski definition) is 3. The van der Waals surface area contributed by atoms with Gasteiger partial charge in [-0.1, -0.05) is 20.8 Å². The van der Waals surface area contributed by atoms with Gasteiger partial charge in [-0.2, -0.15) is 0 Å². The van der Waals surface area contributed by atoms with Crippen molar-refractivity contribution in [3.8, 4) is 0 Å². The van der Waals surface area contributed by atoms with Crippen molar-refractivity contribution in [1.29, 1.82) is 0 Å². The Bertz CT molecular complexity index is 501. The molecule has 4 N–H and O–H groups in total. The molecule has 21 heavy (non-hydrogen) atoms. The van der Waals surface area contributed by atoms with E-state index in [1.54, 1.807) is 0 Å². The molecule has 0 spiro atoms. The zero-order valence-electron chi connectivity index (χ0n) is 13.2. The number of ether oxygens (including phenoxy) is 1. The highest BCUT2D eigenvalue weighted by atomic mass is 16.5. The zero-order chi connectivity index (χ0) is 15.6. The first-order chi connectivity index (χ1) is 9.88. The molecule has 1 aliphatic heterocycles. The van der Waals surface area contributed by atoms with Crippen LogP contribution < -0.4 is 16.2 Å². The number of rotatable bonds is 3. The lowest BCUT2D eigenvalue weighted by Gasteiger charge is -2.37. The predicted octanol–water partition coefficient (Wildman–Crippen LogP) is 0.566. The Hall–Kier alpha value is -1.44. The third-order valence-corrected chi connectivity index (χ3v) is 3.64. The van der Waals surface area contributed by atoms with Crippen LogP contribution in [0.3, 0.4) is 0 Å². The van der Waals surface area contributed by atoms with Crippen LogP contribution in [-0.4, -0.2) is 47.5 Å².